The van der Waals surface area contributed by atoms with Gasteiger partial charge in [0.25, 0.3) is 0 Å². The standard InChI is InChI=1S/C24H41N5/c1-19(2)28-15-12-23(13-16-28)27-24(25-4)26-17-21-8-10-22(11-9-21)18-29-14-6-5-7-20(29)3/h8-11,19-20,23H,5-7,12-18H2,1-4H3,(H2,25,26,27). The minimum absolute atomic E-state index is 0.519. The lowest BCUT2D eigenvalue weighted by atomic mass is 10.0. The molecule has 0 aliphatic carbocycles. The van der Waals surface area contributed by atoms with E-state index in [4.69, 9.17) is 0 Å². The lowest BCUT2D eigenvalue weighted by molar-refractivity contribution is 0.152. The van der Waals surface area contributed by atoms with E-state index in [2.05, 4.69) is 70.5 Å². The number of benzene rings is 1. The summed E-state index contributed by atoms with van der Waals surface area (Å²) >= 11 is 0. The Hall–Kier alpha value is -1.59. The number of aliphatic imine (C=N–C) groups is 1. The Labute approximate surface area is 178 Å². The molecule has 1 aromatic carbocycles. The van der Waals surface area contributed by atoms with Crippen molar-refractivity contribution in [2.75, 3.05) is 26.7 Å². The van der Waals surface area contributed by atoms with E-state index in [1.807, 2.05) is 7.05 Å². The van der Waals surface area contributed by atoms with E-state index in [0.717, 1.165) is 19.0 Å². The number of likely N-dealkylation sites (tertiary alicyclic amines) is 2. The van der Waals surface area contributed by atoms with Crippen LogP contribution in [0.5, 0.6) is 0 Å². The molecule has 29 heavy (non-hydrogen) atoms. The lowest BCUT2D eigenvalue weighted by Gasteiger charge is -2.35. The quantitative estimate of drug-likeness (QED) is 0.567. The molecule has 2 saturated heterocycles. The van der Waals surface area contributed by atoms with Gasteiger partial charge >= 0.3 is 0 Å². The zero-order valence-corrected chi connectivity index (χ0v) is 19.0. The summed E-state index contributed by atoms with van der Waals surface area (Å²) in [6.07, 6.45) is 6.43. The molecule has 0 aromatic heterocycles. The summed E-state index contributed by atoms with van der Waals surface area (Å²) in [5.41, 5.74) is 2.72. The van der Waals surface area contributed by atoms with Crippen LogP contribution in [0.3, 0.4) is 0 Å². The maximum atomic E-state index is 4.43. The second-order valence-electron chi connectivity index (χ2n) is 9.11. The first-order chi connectivity index (χ1) is 14.0. The van der Waals surface area contributed by atoms with Gasteiger partial charge in [0.15, 0.2) is 5.96 Å². The molecule has 2 aliphatic rings. The summed E-state index contributed by atoms with van der Waals surface area (Å²) < 4.78 is 0. The average Bonchev–Trinajstić information content (AvgIpc) is 2.74. The summed E-state index contributed by atoms with van der Waals surface area (Å²) in [5.74, 6) is 0.916. The zero-order chi connectivity index (χ0) is 20.6. The molecule has 162 valence electrons. The van der Waals surface area contributed by atoms with Gasteiger partial charge in [-0.2, -0.15) is 0 Å². The van der Waals surface area contributed by atoms with Crippen LogP contribution in [-0.4, -0.2) is 60.6 Å². The summed E-state index contributed by atoms with van der Waals surface area (Å²) in [6, 6.07) is 11.0. The third kappa shape index (κ3) is 6.71. The van der Waals surface area contributed by atoms with Crippen molar-refractivity contribution in [3.63, 3.8) is 0 Å². The maximum Gasteiger partial charge on any atom is 0.191 e. The highest BCUT2D eigenvalue weighted by molar-refractivity contribution is 5.79. The van der Waals surface area contributed by atoms with Gasteiger partial charge in [0, 0.05) is 51.4 Å². The molecule has 0 spiro atoms. The highest BCUT2D eigenvalue weighted by atomic mass is 15.2. The SMILES string of the molecule is CN=C(NCc1ccc(CN2CCCCC2C)cc1)NC1CCN(C(C)C)CC1. The van der Waals surface area contributed by atoms with E-state index in [1.54, 1.807) is 0 Å². The third-order valence-corrected chi connectivity index (χ3v) is 6.63. The van der Waals surface area contributed by atoms with Crippen molar-refractivity contribution in [2.45, 2.75) is 84.1 Å². The number of rotatable bonds is 6. The van der Waals surface area contributed by atoms with E-state index in [0.29, 0.717) is 18.1 Å². The van der Waals surface area contributed by atoms with Gasteiger partial charge in [0.2, 0.25) is 0 Å². The number of guanidine groups is 1. The molecule has 5 heteroatoms. The number of nitrogens with zero attached hydrogens (tertiary/aromatic N) is 3. The molecular formula is C24H41N5. The number of hydrogen-bond acceptors (Lipinski definition) is 3. The topological polar surface area (TPSA) is 42.9 Å². The molecule has 5 nitrogen and oxygen atoms in total. The van der Waals surface area contributed by atoms with Crippen molar-refractivity contribution in [1.29, 1.82) is 0 Å². The van der Waals surface area contributed by atoms with Gasteiger partial charge in [0.05, 0.1) is 0 Å². The fraction of sp³-hybridized carbons (Fsp3) is 0.708. The van der Waals surface area contributed by atoms with Crippen molar-refractivity contribution in [3.05, 3.63) is 35.4 Å². The Kier molecular flexibility index (Phi) is 8.37. The van der Waals surface area contributed by atoms with Gasteiger partial charge in [-0.3, -0.25) is 9.89 Å². The summed E-state index contributed by atoms with van der Waals surface area (Å²) in [5, 5.41) is 7.10. The first-order valence-corrected chi connectivity index (χ1v) is 11.6. The Morgan fingerprint density at radius 2 is 1.72 bits per heavy atom. The van der Waals surface area contributed by atoms with Crippen LogP contribution in [0.1, 0.15) is 64.0 Å². The first-order valence-electron chi connectivity index (χ1n) is 11.6. The smallest absolute Gasteiger partial charge is 0.191 e. The van der Waals surface area contributed by atoms with Gasteiger partial charge < -0.3 is 15.5 Å². The molecular weight excluding hydrogens is 358 g/mol. The molecule has 0 amide bonds. The van der Waals surface area contributed by atoms with Crippen LogP contribution >= 0.6 is 0 Å². The molecule has 0 radical (unpaired) electrons. The number of nitrogens with one attached hydrogen (secondary N) is 2. The predicted molar refractivity (Wildman–Crippen MR) is 123 cm³/mol. The summed E-state index contributed by atoms with van der Waals surface area (Å²) in [7, 11) is 1.86. The normalized spacial score (nSPS) is 22.8. The monoisotopic (exact) mass is 399 g/mol. The Bertz CT molecular complexity index is 631. The Morgan fingerprint density at radius 1 is 1.03 bits per heavy atom. The van der Waals surface area contributed by atoms with Gasteiger partial charge in [-0.05, 0) is 64.1 Å². The lowest BCUT2D eigenvalue weighted by Crippen LogP contribution is -2.49. The molecule has 2 aliphatic heterocycles. The Morgan fingerprint density at radius 3 is 2.34 bits per heavy atom. The van der Waals surface area contributed by atoms with Crippen LogP contribution < -0.4 is 10.6 Å². The third-order valence-electron chi connectivity index (χ3n) is 6.63. The van der Waals surface area contributed by atoms with E-state index >= 15 is 0 Å². The van der Waals surface area contributed by atoms with Gasteiger partial charge in [-0.1, -0.05) is 30.7 Å². The van der Waals surface area contributed by atoms with Crippen molar-refractivity contribution < 1.29 is 0 Å². The Balaban J connectivity index is 1.42. The molecule has 0 saturated carbocycles. The summed E-state index contributed by atoms with van der Waals surface area (Å²) in [4.78, 5) is 9.60. The van der Waals surface area contributed by atoms with Crippen molar-refractivity contribution in [1.82, 2.24) is 20.4 Å². The zero-order valence-electron chi connectivity index (χ0n) is 19.0. The average molecular weight is 400 g/mol. The van der Waals surface area contributed by atoms with E-state index in [1.165, 1.54) is 62.9 Å². The minimum atomic E-state index is 0.519. The minimum Gasteiger partial charge on any atom is -0.354 e. The van der Waals surface area contributed by atoms with Crippen LogP contribution in [-0.2, 0) is 13.1 Å². The van der Waals surface area contributed by atoms with Gasteiger partial charge in [0.1, 0.15) is 0 Å². The highest BCUT2D eigenvalue weighted by Crippen LogP contribution is 2.19. The second-order valence-corrected chi connectivity index (χ2v) is 9.11. The molecule has 2 N–H and O–H groups in total. The molecule has 3 rings (SSSR count). The van der Waals surface area contributed by atoms with Gasteiger partial charge in [-0.15, -0.1) is 0 Å². The van der Waals surface area contributed by atoms with E-state index in [-0.39, 0.29) is 0 Å². The van der Waals surface area contributed by atoms with E-state index in [9.17, 15) is 0 Å². The molecule has 1 atom stereocenters. The fourth-order valence-electron chi connectivity index (χ4n) is 4.52. The van der Waals surface area contributed by atoms with Crippen LogP contribution in [0, 0.1) is 0 Å². The maximum absolute atomic E-state index is 4.43. The van der Waals surface area contributed by atoms with Crippen molar-refractivity contribution in [2.24, 2.45) is 4.99 Å². The van der Waals surface area contributed by atoms with E-state index < -0.39 is 0 Å². The van der Waals surface area contributed by atoms with Gasteiger partial charge in [-0.25, -0.2) is 0 Å². The van der Waals surface area contributed by atoms with Crippen molar-refractivity contribution >= 4 is 5.96 Å². The summed E-state index contributed by atoms with van der Waals surface area (Å²) in [6.45, 7) is 12.4. The molecule has 0 bridgehead atoms. The molecule has 2 heterocycles. The largest absolute Gasteiger partial charge is 0.354 e. The van der Waals surface area contributed by atoms with Crippen LogP contribution in [0.4, 0.5) is 0 Å². The molecule has 1 aromatic rings. The highest BCUT2D eigenvalue weighted by Gasteiger charge is 2.21. The first kappa shape index (κ1) is 22.1. The molecule has 1 unspecified atom stereocenters. The number of hydrogen-bond donors (Lipinski definition) is 2. The number of piperidine rings is 2. The fourth-order valence-corrected chi connectivity index (χ4v) is 4.52. The molecule has 2 fully saturated rings. The predicted octanol–water partition coefficient (Wildman–Crippen LogP) is 3.60. The van der Waals surface area contributed by atoms with Crippen LogP contribution in [0.25, 0.3) is 0 Å². The van der Waals surface area contributed by atoms with Crippen LogP contribution in [0.15, 0.2) is 29.3 Å². The van der Waals surface area contributed by atoms with Crippen LogP contribution in [0.2, 0.25) is 0 Å². The second kappa shape index (κ2) is 11.0. The van der Waals surface area contributed by atoms with Crippen molar-refractivity contribution in [3.8, 4) is 0 Å².